The van der Waals surface area contributed by atoms with E-state index in [0.29, 0.717) is 11.4 Å². The molecule has 1 atom stereocenters. The van der Waals surface area contributed by atoms with Crippen molar-refractivity contribution in [3.63, 3.8) is 0 Å². The molecule has 0 radical (unpaired) electrons. The molecule has 0 bridgehead atoms. The molecule has 25 heavy (non-hydrogen) atoms. The fourth-order valence-corrected chi connectivity index (χ4v) is 2.71. The monoisotopic (exact) mass is 335 g/mol. The first-order chi connectivity index (χ1) is 12.2. The molecule has 1 N–H and O–H groups in total. The van der Waals surface area contributed by atoms with E-state index >= 15 is 0 Å². The molecular weight excluding hydrogens is 314 g/mol. The van der Waals surface area contributed by atoms with Crippen LogP contribution in [0.5, 0.6) is 0 Å². The van der Waals surface area contributed by atoms with Crippen molar-refractivity contribution in [2.45, 2.75) is 25.8 Å². The smallest absolute Gasteiger partial charge is 0.251 e. The van der Waals surface area contributed by atoms with Crippen LogP contribution in [0.4, 0.5) is 0 Å². The lowest BCUT2D eigenvalue weighted by molar-refractivity contribution is 0.0934. The van der Waals surface area contributed by atoms with Gasteiger partial charge in [0.15, 0.2) is 0 Å². The quantitative estimate of drug-likeness (QED) is 0.751. The third-order valence-electron chi connectivity index (χ3n) is 4.00. The molecule has 128 valence electrons. The van der Waals surface area contributed by atoms with Gasteiger partial charge in [-0.3, -0.25) is 4.79 Å². The number of hydrogen-bond donors (Lipinski definition) is 1. The molecule has 6 nitrogen and oxygen atoms in total. The maximum absolute atomic E-state index is 12.6. The molecule has 2 aromatic carbocycles. The van der Waals surface area contributed by atoms with Crippen LogP contribution in [0, 0.1) is 0 Å². The summed E-state index contributed by atoms with van der Waals surface area (Å²) in [7, 11) is 1.72. The van der Waals surface area contributed by atoms with E-state index in [1.54, 1.807) is 19.2 Å². The minimum Gasteiger partial charge on any atom is -0.345 e. The van der Waals surface area contributed by atoms with E-state index in [1.807, 2.05) is 42.5 Å². The van der Waals surface area contributed by atoms with Gasteiger partial charge in [-0.05, 0) is 29.3 Å². The van der Waals surface area contributed by atoms with Gasteiger partial charge >= 0.3 is 0 Å². The predicted octanol–water partition coefficient (Wildman–Crippen LogP) is 3.15. The van der Waals surface area contributed by atoms with Gasteiger partial charge in [0.05, 0.1) is 13.1 Å². The van der Waals surface area contributed by atoms with Crippen molar-refractivity contribution in [1.82, 2.24) is 25.5 Å². The Balaban J connectivity index is 1.73. The first-order valence-corrected chi connectivity index (χ1v) is 8.37. The van der Waals surface area contributed by atoms with Crippen molar-refractivity contribution in [3.05, 3.63) is 65.7 Å². The molecule has 6 heteroatoms. The van der Waals surface area contributed by atoms with Crippen LogP contribution in [0.15, 0.2) is 54.6 Å². The largest absolute Gasteiger partial charge is 0.345 e. The van der Waals surface area contributed by atoms with Crippen molar-refractivity contribution >= 4 is 5.91 Å². The van der Waals surface area contributed by atoms with E-state index in [9.17, 15) is 4.79 Å². The first-order valence-electron chi connectivity index (χ1n) is 8.37. The van der Waals surface area contributed by atoms with Crippen LogP contribution in [-0.2, 0) is 7.05 Å². The highest BCUT2D eigenvalue weighted by molar-refractivity contribution is 5.94. The zero-order valence-electron chi connectivity index (χ0n) is 14.4. The molecule has 1 amide bonds. The van der Waals surface area contributed by atoms with Crippen molar-refractivity contribution < 1.29 is 4.79 Å². The lowest BCUT2D eigenvalue weighted by Crippen LogP contribution is -2.28. The molecule has 3 rings (SSSR count). The normalized spacial score (nSPS) is 11.9. The number of benzene rings is 2. The Kier molecular flexibility index (Phi) is 5.18. The van der Waals surface area contributed by atoms with E-state index in [4.69, 9.17) is 0 Å². The second-order valence-corrected chi connectivity index (χ2v) is 5.91. The number of carbonyl (C=O) groups excluding carboxylic acids is 1. The predicted molar refractivity (Wildman–Crippen MR) is 95.8 cm³/mol. The van der Waals surface area contributed by atoms with Crippen LogP contribution in [0.3, 0.4) is 0 Å². The standard InChI is InChI=1S/C19H21N5O/c1-3-7-17(14-8-5-4-6-9-14)20-19(25)16-12-10-15(11-13-16)18-21-23-24(2)22-18/h4-6,8-13,17H,3,7H2,1-2H3,(H,20,25)/t17-/m0/s1. The second kappa shape index (κ2) is 7.70. The van der Waals surface area contributed by atoms with Crippen LogP contribution >= 0.6 is 0 Å². The number of aryl methyl sites for hydroxylation is 1. The summed E-state index contributed by atoms with van der Waals surface area (Å²) in [6.45, 7) is 2.12. The summed E-state index contributed by atoms with van der Waals surface area (Å²) in [5.41, 5.74) is 2.57. The molecule has 1 aromatic heterocycles. The summed E-state index contributed by atoms with van der Waals surface area (Å²) < 4.78 is 0. The summed E-state index contributed by atoms with van der Waals surface area (Å²) in [5.74, 6) is 0.462. The summed E-state index contributed by atoms with van der Waals surface area (Å²) in [5, 5.41) is 15.1. The van der Waals surface area contributed by atoms with Gasteiger partial charge in [0, 0.05) is 11.1 Å². The first kappa shape index (κ1) is 16.8. The number of rotatable bonds is 6. The van der Waals surface area contributed by atoms with Gasteiger partial charge in [0.1, 0.15) is 0 Å². The fraction of sp³-hybridized carbons (Fsp3) is 0.263. The minimum absolute atomic E-state index is 0.0139. The summed E-state index contributed by atoms with van der Waals surface area (Å²) in [6, 6.07) is 17.3. The Labute approximate surface area is 146 Å². The molecule has 3 aromatic rings. The topological polar surface area (TPSA) is 72.7 Å². The minimum atomic E-state index is -0.0824. The van der Waals surface area contributed by atoms with Gasteiger partial charge in [-0.25, -0.2) is 0 Å². The second-order valence-electron chi connectivity index (χ2n) is 5.91. The van der Waals surface area contributed by atoms with E-state index in [1.165, 1.54) is 4.80 Å². The zero-order valence-corrected chi connectivity index (χ0v) is 14.4. The van der Waals surface area contributed by atoms with Gasteiger partial charge in [-0.1, -0.05) is 55.8 Å². The van der Waals surface area contributed by atoms with Gasteiger partial charge in [-0.2, -0.15) is 4.80 Å². The lowest BCUT2D eigenvalue weighted by Gasteiger charge is -2.18. The Morgan fingerprint density at radius 1 is 1.12 bits per heavy atom. The average Bonchev–Trinajstić information content (AvgIpc) is 3.08. The highest BCUT2D eigenvalue weighted by atomic mass is 16.1. The summed E-state index contributed by atoms with van der Waals surface area (Å²) in [4.78, 5) is 14.0. The molecule has 0 aliphatic rings. The highest BCUT2D eigenvalue weighted by Crippen LogP contribution is 2.20. The summed E-state index contributed by atoms with van der Waals surface area (Å²) >= 11 is 0. The number of aromatic nitrogens is 4. The third-order valence-corrected chi connectivity index (χ3v) is 4.00. The maximum Gasteiger partial charge on any atom is 0.251 e. The van der Waals surface area contributed by atoms with Gasteiger partial charge in [0.25, 0.3) is 5.91 Å². The van der Waals surface area contributed by atoms with E-state index in [0.717, 1.165) is 24.0 Å². The number of amides is 1. The van der Waals surface area contributed by atoms with Crippen LogP contribution in [0.2, 0.25) is 0 Å². The van der Waals surface area contributed by atoms with Crippen molar-refractivity contribution in [2.24, 2.45) is 7.05 Å². The Morgan fingerprint density at radius 2 is 1.84 bits per heavy atom. The Morgan fingerprint density at radius 3 is 2.44 bits per heavy atom. The fourth-order valence-electron chi connectivity index (χ4n) is 2.71. The van der Waals surface area contributed by atoms with Gasteiger partial charge in [-0.15, -0.1) is 10.2 Å². The average molecular weight is 335 g/mol. The SMILES string of the molecule is CCC[C@H](NC(=O)c1ccc(-c2nnn(C)n2)cc1)c1ccccc1. The molecule has 0 aliphatic carbocycles. The number of tetrazole rings is 1. The Hall–Kier alpha value is -3.02. The molecule has 0 saturated heterocycles. The Bertz CT molecular complexity index is 827. The molecule has 1 heterocycles. The molecule has 0 aliphatic heterocycles. The molecule has 0 spiro atoms. The lowest BCUT2D eigenvalue weighted by atomic mass is 10.0. The number of nitrogens with one attached hydrogen (secondary N) is 1. The van der Waals surface area contributed by atoms with E-state index < -0.39 is 0 Å². The molecular formula is C19H21N5O. The van der Waals surface area contributed by atoms with Gasteiger partial charge < -0.3 is 5.32 Å². The number of hydrogen-bond acceptors (Lipinski definition) is 4. The van der Waals surface area contributed by atoms with Crippen LogP contribution < -0.4 is 5.32 Å². The molecule has 0 unspecified atom stereocenters. The number of carbonyl (C=O) groups is 1. The van der Waals surface area contributed by atoms with Crippen molar-refractivity contribution in [1.29, 1.82) is 0 Å². The van der Waals surface area contributed by atoms with Crippen LogP contribution in [0.25, 0.3) is 11.4 Å². The zero-order chi connectivity index (χ0) is 17.6. The summed E-state index contributed by atoms with van der Waals surface area (Å²) in [6.07, 6.45) is 1.90. The van der Waals surface area contributed by atoms with Gasteiger partial charge in [0.2, 0.25) is 5.82 Å². The van der Waals surface area contributed by atoms with Crippen molar-refractivity contribution in [3.8, 4) is 11.4 Å². The number of nitrogens with zero attached hydrogens (tertiary/aromatic N) is 4. The molecule has 0 fully saturated rings. The van der Waals surface area contributed by atoms with Crippen LogP contribution in [-0.4, -0.2) is 26.1 Å². The molecule has 0 saturated carbocycles. The van der Waals surface area contributed by atoms with E-state index in [-0.39, 0.29) is 11.9 Å². The maximum atomic E-state index is 12.6. The van der Waals surface area contributed by atoms with Crippen LogP contribution in [0.1, 0.15) is 41.7 Å². The highest BCUT2D eigenvalue weighted by Gasteiger charge is 2.15. The third kappa shape index (κ3) is 4.09. The van der Waals surface area contributed by atoms with E-state index in [2.05, 4.69) is 27.7 Å². The van der Waals surface area contributed by atoms with Crippen molar-refractivity contribution in [2.75, 3.05) is 0 Å².